The van der Waals surface area contributed by atoms with Gasteiger partial charge in [-0.15, -0.1) is 0 Å². The summed E-state index contributed by atoms with van der Waals surface area (Å²) in [7, 11) is 0. The molecular weight excluding hydrogens is 226 g/mol. The lowest BCUT2D eigenvalue weighted by Crippen LogP contribution is -2.19. The highest BCUT2D eigenvalue weighted by atomic mass is 16.5. The molecule has 1 saturated heterocycles. The van der Waals surface area contributed by atoms with E-state index >= 15 is 0 Å². The first kappa shape index (κ1) is 11.9. The van der Waals surface area contributed by atoms with Gasteiger partial charge >= 0.3 is 0 Å². The monoisotopic (exact) mass is 247 g/mol. The zero-order chi connectivity index (χ0) is 12.4. The van der Waals surface area contributed by atoms with Crippen LogP contribution in [0.1, 0.15) is 56.0 Å². The largest absolute Gasteiger partial charge is 0.381 e. The molecule has 1 saturated carbocycles. The maximum Gasteiger partial charge on any atom is 0.136 e. The van der Waals surface area contributed by atoms with Crippen LogP contribution in [0, 0.1) is 0 Å². The van der Waals surface area contributed by atoms with Gasteiger partial charge in [-0.25, -0.2) is 9.97 Å². The molecule has 1 aromatic heterocycles. The second-order valence-electron chi connectivity index (χ2n) is 5.25. The van der Waals surface area contributed by atoms with Gasteiger partial charge in [-0.2, -0.15) is 0 Å². The number of hydrogen-bond donors (Lipinski definition) is 1. The third kappa shape index (κ3) is 2.64. The molecule has 1 aliphatic carbocycles. The van der Waals surface area contributed by atoms with E-state index in [0.717, 1.165) is 44.2 Å². The van der Waals surface area contributed by atoms with Gasteiger partial charge in [-0.1, -0.05) is 0 Å². The van der Waals surface area contributed by atoms with E-state index in [1.807, 2.05) is 0 Å². The van der Waals surface area contributed by atoms with Gasteiger partial charge in [-0.05, 0) is 32.6 Å². The average molecular weight is 247 g/mol. The smallest absolute Gasteiger partial charge is 0.136 e. The Labute approximate surface area is 108 Å². The van der Waals surface area contributed by atoms with Crippen molar-refractivity contribution in [2.45, 2.75) is 44.4 Å². The van der Waals surface area contributed by atoms with Crippen LogP contribution in [0.15, 0.2) is 6.07 Å². The number of hydrogen-bond acceptors (Lipinski definition) is 4. The molecule has 0 radical (unpaired) electrons. The van der Waals surface area contributed by atoms with Crippen LogP contribution in [0.2, 0.25) is 0 Å². The molecular formula is C14H21N3O. The summed E-state index contributed by atoms with van der Waals surface area (Å²) in [6.45, 7) is 4.67. The number of ether oxygens (including phenoxy) is 1. The van der Waals surface area contributed by atoms with Crippen molar-refractivity contribution in [1.82, 2.24) is 9.97 Å². The lowest BCUT2D eigenvalue weighted by atomic mass is 10.0. The molecule has 1 N–H and O–H groups in total. The molecule has 0 spiro atoms. The Morgan fingerprint density at radius 1 is 1.28 bits per heavy atom. The van der Waals surface area contributed by atoms with Crippen LogP contribution in [0.5, 0.6) is 0 Å². The van der Waals surface area contributed by atoms with E-state index in [-0.39, 0.29) is 0 Å². The fourth-order valence-electron chi connectivity index (χ4n) is 2.47. The molecule has 18 heavy (non-hydrogen) atoms. The molecule has 0 amide bonds. The van der Waals surface area contributed by atoms with Crippen LogP contribution in [-0.2, 0) is 4.74 Å². The van der Waals surface area contributed by atoms with Crippen molar-refractivity contribution in [3.05, 3.63) is 17.6 Å². The summed E-state index contributed by atoms with van der Waals surface area (Å²) in [4.78, 5) is 9.42. The lowest BCUT2D eigenvalue weighted by molar-refractivity contribution is 0.0780. The second-order valence-corrected chi connectivity index (χ2v) is 5.25. The first-order valence-corrected chi connectivity index (χ1v) is 7.07. The second kappa shape index (κ2) is 5.22. The average Bonchev–Trinajstić information content (AvgIpc) is 3.24. The van der Waals surface area contributed by atoms with Gasteiger partial charge < -0.3 is 10.1 Å². The first-order valence-electron chi connectivity index (χ1n) is 7.07. The lowest BCUT2D eigenvalue weighted by Gasteiger charge is -2.21. The normalized spacial score (nSPS) is 23.9. The summed E-state index contributed by atoms with van der Waals surface area (Å²) in [6.07, 6.45) is 4.84. The van der Waals surface area contributed by atoms with Gasteiger partial charge in [0.05, 0.1) is 6.61 Å². The van der Waals surface area contributed by atoms with Crippen molar-refractivity contribution in [2.24, 2.45) is 0 Å². The molecule has 98 valence electrons. The van der Waals surface area contributed by atoms with Crippen LogP contribution in [0.25, 0.3) is 0 Å². The Balaban J connectivity index is 1.86. The summed E-state index contributed by atoms with van der Waals surface area (Å²) in [6, 6.07) is 2.12. The highest BCUT2D eigenvalue weighted by Gasteiger charge is 2.28. The third-order valence-corrected chi connectivity index (χ3v) is 3.64. The van der Waals surface area contributed by atoms with E-state index in [4.69, 9.17) is 9.72 Å². The Morgan fingerprint density at radius 3 is 2.83 bits per heavy atom. The quantitative estimate of drug-likeness (QED) is 0.888. The van der Waals surface area contributed by atoms with Crippen LogP contribution in [0.4, 0.5) is 5.82 Å². The first-order chi connectivity index (χ1) is 8.86. The number of anilines is 1. The highest BCUT2D eigenvalue weighted by molar-refractivity contribution is 5.38. The third-order valence-electron chi connectivity index (χ3n) is 3.64. The molecule has 4 nitrogen and oxygen atoms in total. The van der Waals surface area contributed by atoms with E-state index in [1.165, 1.54) is 18.5 Å². The highest BCUT2D eigenvalue weighted by Crippen LogP contribution is 2.40. The maximum atomic E-state index is 5.55. The van der Waals surface area contributed by atoms with E-state index in [9.17, 15) is 0 Å². The number of rotatable bonds is 4. The molecule has 1 atom stereocenters. The Morgan fingerprint density at radius 2 is 2.17 bits per heavy atom. The zero-order valence-electron chi connectivity index (χ0n) is 11.0. The fraction of sp³-hybridized carbons (Fsp3) is 0.714. The van der Waals surface area contributed by atoms with Gasteiger partial charge in [0, 0.05) is 36.7 Å². The number of nitrogens with zero attached hydrogens (tertiary/aromatic N) is 2. The van der Waals surface area contributed by atoms with Gasteiger partial charge in [0.1, 0.15) is 11.6 Å². The Kier molecular flexibility index (Phi) is 3.46. The standard InChI is InChI=1S/C14H21N3O/c1-2-15-13-8-12(10-5-6-10)16-14(17-13)11-4-3-7-18-9-11/h8,10-11H,2-7,9H2,1H3,(H,15,16,17). The molecule has 4 heteroatoms. The predicted octanol–water partition coefficient (Wildman–Crippen LogP) is 2.68. The molecule has 1 aromatic rings. The van der Waals surface area contributed by atoms with Gasteiger partial charge in [0.15, 0.2) is 0 Å². The topological polar surface area (TPSA) is 47.0 Å². The van der Waals surface area contributed by atoms with Gasteiger partial charge in [-0.3, -0.25) is 0 Å². The minimum absolute atomic E-state index is 0.384. The summed E-state index contributed by atoms with van der Waals surface area (Å²) >= 11 is 0. The van der Waals surface area contributed by atoms with Crippen molar-refractivity contribution >= 4 is 5.82 Å². The minimum atomic E-state index is 0.384. The maximum absolute atomic E-state index is 5.55. The molecule has 0 bridgehead atoms. The van der Waals surface area contributed by atoms with E-state index in [1.54, 1.807) is 0 Å². The van der Waals surface area contributed by atoms with Crippen molar-refractivity contribution < 1.29 is 4.74 Å². The summed E-state index contributed by atoms with van der Waals surface area (Å²) < 4.78 is 5.55. The van der Waals surface area contributed by atoms with Crippen LogP contribution in [-0.4, -0.2) is 29.7 Å². The molecule has 2 aliphatic rings. The van der Waals surface area contributed by atoms with Crippen molar-refractivity contribution in [1.29, 1.82) is 0 Å². The molecule has 3 rings (SSSR count). The SMILES string of the molecule is CCNc1cc(C2CC2)nc(C2CCCOC2)n1. The number of aromatic nitrogens is 2. The van der Waals surface area contributed by atoms with E-state index < -0.39 is 0 Å². The molecule has 2 heterocycles. The Bertz CT molecular complexity index is 412. The Hall–Kier alpha value is -1.16. The van der Waals surface area contributed by atoms with Crippen LogP contribution in [0.3, 0.4) is 0 Å². The molecule has 0 aromatic carbocycles. The molecule has 1 unspecified atom stereocenters. The summed E-state index contributed by atoms with van der Waals surface area (Å²) in [5.74, 6) is 3.02. The van der Waals surface area contributed by atoms with Crippen LogP contribution >= 0.6 is 0 Å². The zero-order valence-corrected chi connectivity index (χ0v) is 11.0. The minimum Gasteiger partial charge on any atom is -0.381 e. The van der Waals surface area contributed by atoms with Crippen LogP contribution < -0.4 is 5.32 Å². The number of nitrogens with one attached hydrogen (secondary N) is 1. The molecule has 1 aliphatic heterocycles. The van der Waals surface area contributed by atoms with Gasteiger partial charge in [0.25, 0.3) is 0 Å². The van der Waals surface area contributed by atoms with E-state index in [0.29, 0.717) is 11.8 Å². The van der Waals surface area contributed by atoms with Gasteiger partial charge in [0.2, 0.25) is 0 Å². The predicted molar refractivity (Wildman–Crippen MR) is 71.0 cm³/mol. The van der Waals surface area contributed by atoms with Crippen molar-refractivity contribution in [2.75, 3.05) is 25.1 Å². The van der Waals surface area contributed by atoms with E-state index in [2.05, 4.69) is 23.3 Å². The summed E-state index contributed by atoms with van der Waals surface area (Å²) in [5, 5.41) is 3.32. The van der Waals surface area contributed by atoms with Crippen molar-refractivity contribution in [3.63, 3.8) is 0 Å². The fourth-order valence-corrected chi connectivity index (χ4v) is 2.47. The summed E-state index contributed by atoms with van der Waals surface area (Å²) in [5.41, 5.74) is 1.22. The van der Waals surface area contributed by atoms with Crippen molar-refractivity contribution in [3.8, 4) is 0 Å². The molecule has 2 fully saturated rings.